The molecule has 1 aromatic carbocycles. The van der Waals surface area contributed by atoms with Gasteiger partial charge in [-0.15, -0.1) is 0 Å². The standard InChI is InChI=1S/C11H7Cl2N3O5/c12-7-2-1-6(3-8(7)13)21-5-15-4-9(16(19)20)10(14-15)11(17)18/h1-4H,5H2,(H,17,18). The summed E-state index contributed by atoms with van der Waals surface area (Å²) in [5.74, 6) is -1.13. The molecule has 0 unspecified atom stereocenters. The van der Waals surface area contributed by atoms with Crippen LogP contribution in [0.3, 0.4) is 0 Å². The summed E-state index contributed by atoms with van der Waals surface area (Å²) in [6.07, 6.45) is 0.973. The van der Waals surface area contributed by atoms with E-state index in [-0.39, 0.29) is 11.8 Å². The number of hydrogen-bond acceptors (Lipinski definition) is 5. The Hall–Kier alpha value is -2.32. The molecule has 1 heterocycles. The average Bonchev–Trinajstić information content (AvgIpc) is 2.85. The van der Waals surface area contributed by atoms with Gasteiger partial charge in [0.1, 0.15) is 11.9 Å². The van der Waals surface area contributed by atoms with Crippen LogP contribution in [0.4, 0.5) is 5.69 Å². The third-order valence-electron chi connectivity index (χ3n) is 2.40. The minimum Gasteiger partial charge on any atom is -0.476 e. The maximum absolute atomic E-state index is 10.8. The zero-order valence-corrected chi connectivity index (χ0v) is 11.7. The van der Waals surface area contributed by atoms with Crippen molar-refractivity contribution in [3.63, 3.8) is 0 Å². The van der Waals surface area contributed by atoms with Crippen LogP contribution in [0, 0.1) is 10.1 Å². The predicted octanol–water partition coefficient (Wildman–Crippen LogP) is 2.83. The molecule has 0 saturated heterocycles. The van der Waals surface area contributed by atoms with Crippen LogP contribution in [0.15, 0.2) is 24.4 Å². The van der Waals surface area contributed by atoms with Crippen LogP contribution >= 0.6 is 23.2 Å². The van der Waals surface area contributed by atoms with E-state index in [0.29, 0.717) is 10.8 Å². The fraction of sp³-hybridized carbons (Fsp3) is 0.0909. The summed E-state index contributed by atoms with van der Waals surface area (Å²) >= 11 is 11.6. The molecule has 1 N–H and O–H groups in total. The Labute approximate surface area is 127 Å². The van der Waals surface area contributed by atoms with Crippen molar-refractivity contribution in [1.82, 2.24) is 9.78 Å². The summed E-state index contributed by atoms with van der Waals surface area (Å²) < 4.78 is 6.30. The molecule has 0 bridgehead atoms. The molecule has 8 nitrogen and oxygen atoms in total. The van der Waals surface area contributed by atoms with Gasteiger partial charge in [0.2, 0.25) is 5.69 Å². The van der Waals surface area contributed by atoms with Gasteiger partial charge >= 0.3 is 11.7 Å². The van der Waals surface area contributed by atoms with Gasteiger partial charge in [0, 0.05) is 6.07 Å². The summed E-state index contributed by atoms with van der Waals surface area (Å²) in [7, 11) is 0. The Kier molecular flexibility index (Phi) is 4.29. The lowest BCUT2D eigenvalue weighted by atomic mass is 10.3. The van der Waals surface area contributed by atoms with Crippen LogP contribution in [0.5, 0.6) is 5.75 Å². The molecule has 2 aromatic rings. The molecule has 10 heteroatoms. The number of ether oxygens (including phenoxy) is 1. The Morgan fingerprint density at radius 3 is 2.67 bits per heavy atom. The van der Waals surface area contributed by atoms with E-state index >= 15 is 0 Å². The van der Waals surface area contributed by atoms with Crippen LogP contribution in [0.1, 0.15) is 10.5 Å². The number of nitro groups is 1. The molecule has 0 atom stereocenters. The fourth-order valence-corrected chi connectivity index (χ4v) is 1.76. The Morgan fingerprint density at radius 1 is 1.43 bits per heavy atom. The van der Waals surface area contributed by atoms with Crippen molar-refractivity contribution in [2.45, 2.75) is 6.73 Å². The van der Waals surface area contributed by atoms with Crippen molar-refractivity contribution >= 4 is 34.9 Å². The first-order valence-electron chi connectivity index (χ1n) is 5.41. The molecule has 2 rings (SSSR count). The van der Waals surface area contributed by atoms with Gasteiger partial charge in [-0.3, -0.25) is 10.1 Å². The number of aromatic nitrogens is 2. The number of carbonyl (C=O) groups is 1. The van der Waals surface area contributed by atoms with Crippen LogP contribution in [-0.4, -0.2) is 25.8 Å². The highest BCUT2D eigenvalue weighted by atomic mass is 35.5. The van der Waals surface area contributed by atoms with Gasteiger partial charge in [0.25, 0.3) is 0 Å². The van der Waals surface area contributed by atoms with Crippen molar-refractivity contribution in [2.75, 3.05) is 0 Å². The van der Waals surface area contributed by atoms with Crippen LogP contribution in [-0.2, 0) is 6.73 Å². The van der Waals surface area contributed by atoms with E-state index in [4.69, 9.17) is 33.0 Å². The zero-order valence-electron chi connectivity index (χ0n) is 10.2. The van der Waals surface area contributed by atoms with Gasteiger partial charge in [-0.1, -0.05) is 23.2 Å². The molecule has 0 amide bonds. The highest BCUT2D eigenvalue weighted by molar-refractivity contribution is 6.42. The molecule has 0 aliphatic heterocycles. The maximum Gasteiger partial charge on any atom is 0.363 e. The summed E-state index contributed by atoms with van der Waals surface area (Å²) in [5.41, 5.74) is -1.27. The lowest BCUT2D eigenvalue weighted by Gasteiger charge is -2.06. The largest absolute Gasteiger partial charge is 0.476 e. The number of hydrogen-bond donors (Lipinski definition) is 1. The Morgan fingerprint density at radius 2 is 2.14 bits per heavy atom. The number of rotatable bonds is 5. The first-order valence-corrected chi connectivity index (χ1v) is 6.17. The van der Waals surface area contributed by atoms with Crippen molar-refractivity contribution in [2.24, 2.45) is 0 Å². The first-order chi connectivity index (χ1) is 9.88. The minimum atomic E-state index is -1.49. The lowest BCUT2D eigenvalue weighted by molar-refractivity contribution is -0.385. The monoisotopic (exact) mass is 331 g/mol. The van der Waals surface area contributed by atoms with E-state index < -0.39 is 22.3 Å². The van der Waals surface area contributed by atoms with Crippen molar-refractivity contribution in [3.8, 4) is 5.75 Å². The minimum absolute atomic E-state index is 0.216. The molecule has 0 fully saturated rings. The summed E-state index contributed by atoms with van der Waals surface area (Å²) in [6, 6.07) is 4.53. The molecule has 0 saturated carbocycles. The van der Waals surface area contributed by atoms with E-state index in [1.54, 1.807) is 6.07 Å². The van der Waals surface area contributed by atoms with Crippen molar-refractivity contribution < 1.29 is 19.6 Å². The molecule has 110 valence electrons. The molecule has 0 aliphatic carbocycles. The smallest absolute Gasteiger partial charge is 0.363 e. The third-order valence-corrected chi connectivity index (χ3v) is 3.14. The normalized spacial score (nSPS) is 10.4. The van der Waals surface area contributed by atoms with Crippen LogP contribution < -0.4 is 4.74 Å². The average molecular weight is 332 g/mol. The Bertz CT molecular complexity index is 684. The van der Waals surface area contributed by atoms with Gasteiger partial charge in [-0.05, 0) is 12.1 Å². The van der Waals surface area contributed by atoms with Crippen LogP contribution in [0.25, 0.3) is 0 Å². The molecular weight excluding hydrogens is 325 g/mol. The van der Waals surface area contributed by atoms with Crippen molar-refractivity contribution in [3.05, 3.63) is 50.2 Å². The number of carboxylic acids is 1. The first kappa shape index (κ1) is 15.1. The molecule has 0 aliphatic rings. The number of carboxylic acid groups (broad SMARTS) is 1. The number of nitrogens with zero attached hydrogens (tertiary/aromatic N) is 3. The fourth-order valence-electron chi connectivity index (χ4n) is 1.47. The van der Waals surface area contributed by atoms with E-state index in [1.165, 1.54) is 12.1 Å². The zero-order chi connectivity index (χ0) is 15.6. The number of aromatic carboxylic acids is 1. The van der Waals surface area contributed by atoms with E-state index in [9.17, 15) is 14.9 Å². The molecule has 1 aromatic heterocycles. The van der Waals surface area contributed by atoms with Gasteiger partial charge in [0.05, 0.1) is 15.0 Å². The quantitative estimate of drug-likeness (QED) is 0.666. The SMILES string of the molecule is O=C(O)c1nn(COc2ccc(Cl)c(Cl)c2)cc1[N+](=O)[O-]. The van der Waals surface area contributed by atoms with Gasteiger partial charge in [-0.25, -0.2) is 9.48 Å². The summed E-state index contributed by atoms with van der Waals surface area (Å²) in [5, 5.41) is 23.8. The molecule has 0 spiro atoms. The van der Waals surface area contributed by atoms with E-state index in [1.807, 2.05) is 0 Å². The summed E-state index contributed by atoms with van der Waals surface area (Å²) in [6.45, 7) is -0.216. The highest BCUT2D eigenvalue weighted by Crippen LogP contribution is 2.26. The maximum atomic E-state index is 10.8. The summed E-state index contributed by atoms with van der Waals surface area (Å²) in [4.78, 5) is 20.7. The molecule has 21 heavy (non-hydrogen) atoms. The second-order valence-corrected chi connectivity index (χ2v) is 4.63. The third kappa shape index (κ3) is 3.41. The molecular formula is C11H7Cl2N3O5. The molecule has 0 radical (unpaired) electrons. The van der Waals surface area contributed by atoms with Gasteiger partial charge in [-0.2, -0.15) is 5.10 Å². The second kappa shape index (κ2) is 5.98. The Balaban J connectivity index is 2.16. The van der Waals surface area contributed by atoms with Gasteiger partial charge in [0.15, 0.2) is 6.73 Å². The van der Waals surface area contributed by atoms with E-state index in [2.05, 4.69) is 5.10 Å². The topological polar surface area (TPSA) is 107 Å². The lowest BCUT2D eigenvalue weighted by Crippen LogP contribution is -2.07. The predicted molar refractivity (Wildman–Crippen MR) is 72.9 cm³/mol. The number of benzene rings is 1. The van der Waals surface area contributed by atoms with E-state index in [0.717, 1.165) is 10.9 Å². The second-order valence-electron chi connectivity index (χ2n) is 3.81. The van der Waals surface area contributed by atoms with Crippen molar-refractivity contribution in [1.29, 1.82) is 0 Å². The van der Waals surface area contributed by atoms with Crippen LogP contribution in [0.2, 0.25) is 10.0 Å². The number of halogens is 2. The highest BCUT2D eigenvalue weighted by Gasteiger charge is 2.25. The van der Waals surface area contributed by atoms with Gasteiger partial charge < -0.3 is 9.84 Å².